The standard InChI is InChI=1S/C24H19N3/c1-2-27-23-5-3-19(17-7-11-25-12-8-17)15-21(23)22-16-20(4-6-24(22)27)18-9-13-26-14-10-18/h3-16H,2H2,1H3. The lowest BCUT2D eigenvalue weighted by Crippen LogP contribution is -1.92. The number of fused-ring (bicyclic) bond motifs is 3. The van der Waals surface area contributed by atoms with Crippen molar-refractivity contribution in [3.05, 3.63) is 85.5 Å². The maximum absolute atomic E-state index is 4.14. The minimum absolute atomic E-state index is 0.948. The van der Waals surface area contributed by atoms with Gasteiger partial charge in [0.25, 0.3) is 0 Å². The average Bonchev–Trinajstić information content (AvgIpc) is 3.07. The van der Waals surface area contributed by atoms with Crippen molar-refractivity contribution in [3.8, 4) is 22.3 Å². The molecule has 130 valence electrons. The van der Waals surface area contributed by atoms with E-state index < -0.39 is 0 Å². The highest BCUT2D eigenvalue weighted by molar-refractivity contribution is 6.10. The van der Waals surface area contributed by atoms with Crippen molar-refractivity contribution in [3.63, 3.8) is 0 Å². The van der Waals surface area contributed by atoms with Gasteiger partial charge in [-0.1, -0.05) is 12.1 Å². The van der Waals surface area contributed by atoms with Gasteiger partial charge >= 0.3 is 0 Å². The Morgan fingerprint density at radius 3 is 1.44 bits per heavy atom. The van der Waals surface area contributed by atoms with Gasteiger partial charge in [-0.2, -0.15) is 0 Å². The van der Waals surface area contributed by atoms with Crippen LogP contribution in [0.15, 0.2) is 85.5 Å². The second-order valence-corrected chi connectivity index (χ2v) is 6.68. The molecule has 5 rings (SSSR count). The highest BCUT2D eigenvalue weighted by atomic mass is 15.0. The SMILES string of the molecule is CCn1c2ccc(-c3ccncc3)cc2c2cc(-c3ccncc3)ccc21. The van der Waals surface area contributed by atoms with Crippen molar-refractivity contribution < 1.29 is 0 Å². The number of aromatic nitrogens is 3. The van der Waals surface area contributed by atoms with E-state index in [0.717, 1.165) is 6.54 Å². The Hall–Kier alpha value is -3.46. The molecule has 0 aliphatic rings. The van der Waals surface area contributed by atoms with Crippen molar-refractivity contribution in [1.82, 2.24) is 14.5 Å². The molecular formula is C24H19N3. The fourth-order valence-corrected chi connectivity index (χ4v) is 3.89. The zero-order valence-electron chi connectivity index (χ0n) is 15.1. The molecule has 3 heteroatoms. The van der Waals surface area contributed by atoms with E-state index in [-0.39, 0.29) is 0 Å². The molecule has 5 aromatic rings. The second kappa shape index (κ2) is 6.36. The lowest BCUT2D eigenvalue weighted by Gasteiger charge is -2.05. The number of nitrogens with zero attached hydrogens (tertiary/aromatic N) is 3. The summed E-state index contributed by atoms with van der Waals surface area (Å²) in [5, 5.41) is 2.58. The summed E-state index contributed by atoms with van der Waals surface area (Å²) in [6.07, 6.45) is 7.37. The molecule has 0 fully saturated rings. The normalized spacial score (nSPS) is 11.3. The van der Waals surface area contributed by atoms with E-state index >= 15 is 0 Å². The zero-order chi connectivity index (χ0) is 18.2. The largest absolute Gasteiger partial charge is 0.341 e. The van der Waals surface area contributed by atoms with E-state index in [1.807, 2.05) is 24.8 Å². The highest BCUT2D eigenvalue weighted by Gasteiger charge is 2.12. The Morgan fingerprint density at radius 2 is 1.04 bits per heavy atom. The average molecular weight is 349 g/mol. The van der Waals surface area contributed by atoms with Gasteiger partial charge in [-0.05, 0) is 77.7 Å². The van der Waals surface area contributed by atoms with Crippen LogP contribution in [0.2, 0.25) is 0 Å². The van der Waals surface area contributed by atoms with Gasteiger partial charge in [-0.15, -0.1) is 0 Å². The molecule has 0 aliphatic carbocycles. The summed E-state index contributed by atoms with van der Waals surface area (Å²) in [5.41, 5.74) is 7.36. The van der Waals surface area contributed by atoms with E-state index in [4.69, 9.17) is 0 Å². The van der Waals surface area contributed by atoms with Crippen LogP contribution in [0.25, 0.3) is 44.1 Å². The first kappa shape index (κ1) is 15.8. The first-order valence-corrected chi connectivity index (χ1v) is 9.22. The van der Waals surface area contributed by atoms with Crippen LogP contribution in [-0.4, -0.2) is 14.5 Å². The topological polar surface area (TPSA) is 30.7 Å². The van der Waals surface area contributed by atoms with Gasteiger partial charge < -0.3 is 4.57 Å². The third kappa shape index (κ3) is 2.59. The number of rotatable bonds is 3. The van der Waals surface area contributed by atoms with Crippen molar-refractivity contribution >= 4 is 21.8 Å². The predicted molar refractivity (Wildman–Crippen MR) is 112 cm³/mol. The lowest BCUT2D eigenvalue weighted by molar-refractivity contribution is 0.827. The monoisotopic (exact) mass is 349 g/mol. The summed E-state index contributed by atoms with van der Waals surface area (Å²) in [6.45, 7) is 3.15. The van der Waals surface area contributed by atoms with Crippen molar-refractivity contribution in [2.45, 2.75) is 13.5 Å². The van der Waals surface area contributed by atoms with Gasteiger partial charge in [0.05, 0.1) is 0 Å². The van der Waals surface area contributed by atoms with E-state index in [2.05, 4.69) is 82.1 Å². The van der Waals surface area contributed by atoms with Gasteiger partial charge in [-0.3, -0.25) is 9.97 Å². The van der Waals surface area contributed by atoms with Crippen LogP contribution >= 0.6 is 0 Å². The molecule has 0 unspecified atom stereocenters. The zero-order valence-corrected chi connectivity index (χ0v) is 15.1. The number of hydrogen-bond donors (Lipinski definition) is 0. The summed E-state index contributed by atoms with van der Waals surface area (Å²) in [4.78, 5) is 8.27. The molecule has 0 spiro atoms. The summed E-state index contributed by atoms with van der Waals surface area (Å²) in [6, 6.07) is 21.7. The molecule has 0 saturated carbocycles. The van der Waals surface area contributed by atoms with Gasteiger partial charge in [0.1, 0.15) is 0 Å². The van der Waals surface area contributed by atoms with Crippen LogP contribution in [-0.2, 0) is 6.54 Å². The second-order valence-electron chi connectivity index (χ2n) is 6.68. The van der Waals surface area contributed by atoms with Crippen LogP contribution in [0.3, 0.4) is 0 Å². The summed E-state index contributed by atoms with van der Waals surface area (Å²) >= 11 is 0. The van der Waals surface area contributed by atoms with Crippen LogP contribution in [0.1, 0.15) is 6.92 Å². The predicted octanol–water partition coefficient (Wildman–Crippen LogP) is 5.94. The first-order chi connectivity index (χ1) is 13.3. The Labute approximate surface area is 157 Å². The smallest absolute Gasteiger partial charge is 0.0491 e. The lowest BCUT2D eigenvalue weighted by atomic mass is 10.0. The van der Waals surface area contributed by atoms with Gasteiger partial charge in [-0.25, -0.2) is 0 Å². The highest BCUT2D eigenvalue weighted by Crippen LogP contribution is 2.35. The van der Waals surface area contributed by atoms with E-state index in [9.17, 15) is 0 Å². The van der Waals surface area contributed by atoms with Gasteiger partial charge in [0.15, 0.2) is 0 Å². The number of benzene rings is 2. The fourth-order valence-electron chi connectivity index (χ4n) is 3.89. The number of hydrogen-bond acceptors (Lipinski definition) is 2. The summed E-state index contributed by atoms with van der Waals surface area (Å²) in [5.74, 6) is 0. The maximum Gasteiger partial charge on any atom is 0.0491 e. The molecule has 27 heavy (non-hydrogen) atoms. The Balaban J connectivity index is 1.79. The number of aryl methyl sites for hydroxylation is 1. The molecule has 2 aromatic carbocycles. The molecule has 0 amide bonds. The van der Waals surface area contributed by atoms with Crippen molar-refractivity contribution in [2.75, 3.05) is 0 Å². The first-order valence-electron chi connectivity index (χ1n) is 9.22. The Morgan fingerprint density at radius 1 is 0.593 bits per heavy atom. The fraction of sp³-hybridized carbons (Fsp3) is 0.0833. The van der Waals surface area contributed by atoms with E-state index in [1.54, 1.807) is 0 Å². The molecule has 0 N–H and O–H groups in total. The molecule has 3 nitrogen and oxygen atoms in total. The quantitative estimate of drug-likeness (QED) is 0.404. The van der Waals surface area contributed by atoms with Gasteiger partial charge in [0, 0.05) is 53.1 Å². The minimum atomic E-state index is 0.948. The maximum atomic E-state index is 4.14. The summed E-state index contributed by atoms with van der Waals surface area (Å²) < 4.78 is 2.39. The van der Waals surface area contributed by atoms with Crippen LogP contribution in [0.5, 0.6) is 0 Å². The van der Waals surface area contributed by atoms with Gasteiger partial charge in [0.2, 0.25) is 0 Å². The molecule has 0 atom stereocenters. The van der Waals surface area contributed by atoms with Crippen molar-refractivity contribution in [1.29, 1.82) is 0 Å². The van der Waals surface area contributed by atoms with E-state index in [1.165, 1.54) is 44.1 Å². The molecule has 0 radical (unpaired) electrons. The molecule has 0 aliphatic heterocycles. The molecule has 0 bridgehead atoms. The molecule has 3 aromatic heterocycles. The van der Waals surface area contributed by atoms with Crippen LogP contribution in [0.4, 0.5) is 0 Å². The third-order valence-corrected chi connectivity index (χ3v) is 5.21. The van der Waals surface area contributed by atoms with Crippen LogP contribution in [0, 0.1) is 0 Å². The van der Waals surface area contributed by atoms with E-state index in [0.29, 0.717) is 0 Å². The van der Waals surface area contributed by atoms with Crippen LogP contribution < -0.4 is 0 Å². The van der Waals surface area contributed by atoms with Crippen molar-refractivity contribution in [2.24, 2.45) is 0 Å². The molecule has 0 saturated heterocycles. The minimum Gasteiger partial charge on any atom is -0.341 e. The Kier molecular flexibility index (Phi) is 3.72. The molecular weight excluding hydrogens is 330 g/mol. The summed E-state index contributed by atoms with van der Waals surface area (Å²) in [7, 11) is 0. The number of pyridine rings is 2. The Bertz CT molecular complexity index is 1140. The molecule has 3 heterocycles. The third-order valence-electron chi connectivity index (χ3n) is 5.21.